The minimum Gasteiger partial charge on any atom is -0.459 e. The number of aliphatic imine (C=N–C) groups is 1. The summed E-state index contributed by atoms with van der Waals surface area (Å²) in [6.45, 7) is 3.67. The van der Waals surface area contributed by atoms with Crippen molar-refractivity contribution in [2.24, 2.45) is 4.99 Å². The molecule has 0 bridgehead atoms. The van der Waals surface area contributed by atoms with E-state index in [1.807, 2.05) is 17.0 Å². The molecule has 27 heavy (non-hydrogen) atoms. The highest BCUT2D eigenvalue weighted by Crippen LogP contribution is 2.11. The van der Waals surface area contributed by atoms with Crippen LogP contribution in [0, 0.1) is 0 Å². The van der Waals surface area contributed by atoms with Crippen LogP contribution in [0.2, 0.25) is 5.02 Å². The fraction of sp³-hybridized carbons (Fsp3) is 0.400. The van der Waals surface area contributed by atoms with E-state index in [1.165, 1.54) is 11.8 Å². The first-order valence-electron chi connectivity index (χ1n) is 9.20. The molecule has 1 aliphatic heterocycles. The van der Waals surface area contributed by atoms with Crippen molar-refractivity contribution in [3.05, 3.63) is 59.0 Å². The van der Waals surface area contributed by atoms with Gasteiger partial charge in [0.05, 0.1) is 6.26 Å². The Labute approximate surface area is 164 Å². The van der Waals surface area contributed by atoms with E-state index in [4.69, 9.17) is 16.0 Å². The molecule has 3 rings (SSSR count). The maximum atomic E-state index is 12.3. The average molecular weight is 389 g/mol. The zero-order valence-corrected chi connectivity index (χ0v) is 16.3. The first-order valence-corrected chi connectivity index (χ1v) is 9.58. The summed E-state index contributed by atoms with van der Waals surface area (Å²) in [5.74, 6) is 1.23. The number of aryl methyl sites for hydroxylation is 1. The molecule has 1 saturated heterocycles. The van der Waals surface area contributed by atoms with Gasteiger partial charge in [0.1, 0.15) is 0 Å². The number of hydrogen-bond acceptors (Lipinski definition) is 3. The normalized spacial score (nSPS) is 15.1. The van der Waals surface area contributed by atoms with Crippen LogP contribution in [-0.4, -0.2) is 61.4 Å². The van der Waals surface area contributed by atoms with Gasteiger partial charge in [-0.15, -0.1) is 0 Å². The number of carbonyl (C=O) groups excluding carboxylic acids is 1. The lowest BCUT2D eigenvalue weighted by molar-refractivity contribution is 0.0658. The highest BCUT2D eigenvalue weighted by molar-refractivity contribution is 6.30. The van der Waals surface area contributed by atoms with E-state index in [1.54, 1.807) is 19.2 Å². The number of nitrogens with zero attached hydrogens (tertiary/aromatic N) is 3. The Morgan fingerprint density at radius 1 is 1.15 bits per heavy atom. The molecule has 0 saturated carbocycles. The molecule has 0 spiro atoms. The maximum Gasteiger partial charge on any atom is 0.289 e. The molecule has 2 heterocycles. The van der Waals surface area contributed by atoms with Crippen LogP contribution in [0.5, 0.6) is 0 Å². The van der Waals surface area contributed by atoms with Gasteiger partial charge in [0, 0.05) is 44.8 Å². The van der Waals surface area contributed by atoms with Gasteiger partial charge in [-0.05, 0) is 42.7 Å². The molecule has 2 aromatic rings. The largest absolute Gasteiger partial charge is 0.459 e. The maximum absolute atomic E-state index is 12.3. The smallest absolute Gasteiger partial charge is 0.289 e. The van der Waals surface area contributed by atoms with Gasteiger partial charge < -0.3 is 19.5 Å². The van der Waals surface area contributed by atoms with Crippen molar-refractivity contribution in [1.29, 1.82) is 0 Å². The van der Waals surface area contributed by atoms with E-state index in [2.05, 4.69) is 27.3 Å². The Balaban J connectivity index is 1.41. The number of hydrogen-bond donors (Lipinski definition) is 1. The third kappa shape index (κ3) is 5.26. The number of furan rings is 1. The summed E-state index contributed by atoms with van der Waals surface area (Å²) in [7, 11) is 1.79. The fourth-order valence-electron chi connectivity index (χ4n) is 3.15. The van der Waals surface area contributed by atoms with Crippen LogP contribution in [0.25, 0.3) is 0 Å². The van der Waals surface area contributed by atoms with Crippen molar-refractivity contribution in [2.75, 3.05) is 39.8 Å². The lowest BCUT2D eigenvalue weighted by Gasteiger charge is -2.36. The van der Waals surface area contributed by atoms with E-state index in [9.17, 15) is 4.79 Å². The topological polar surface area (TPSA) is 61.1 Å². The molecule has 7 heteroatoms. The molecule has 6 nitrogen and oxygen atoms in total. The molecule has 1 aromatic carbocycles. The van der Waals surface area contributed by atoms with Crippen LogP contribution in [0.15, 0.2) is 52.1 Å². The molecule has 144 valence electrons. The van der Waals surface area contributed by atoms with E-state index >= 15 is 0 Å². The Kier molecular flexibility index (Phi) is 6.76. The van der Waals surface area contributed by atoms with E-state index < -0.39 is 0 Å². The summed E-state index contributed by atoms with van der Waals surface area (Å²) in [6.07, 6.45) is 3.53. The van der Waals surface area contributed by atoms with Crippen LogP contribution in [-0.2, 0) is 6.42 Å². The number of nitrogens with one attached hydrogen (secondary N) is 1. The lowest BCUT2D eigenvalue weighted by Crippen LogP contribution is -2.53. The third-order valence-corrected chi connectivity index (χ3v) is 4.90. The van der Waals surface area contributed by atoms with E-state index in [-0.39, 0.29) is 5.91 Å². The first kappa shape index (κ1) is 19.3. The molecule has 1 aromatic heterocycles. The van der Waals surface area contributed by atoms with Crippen molar-refractivity contribution in [2.45, 2.75) is 12.8 Å². The highest BCUT2D eigenvalue weighted by atomic mass is 35.5. The third-order valence-electron chi connectivity index (χ3n) is 4.65. The van der Waals surface area contributed by atoms with Gasteiger partial charge in [-0.25, -0.2) is 0 Å². The SMILES string of the molecule is CN=C(NCCCc1ccc(Cl)cc1)N1CCN(C(=O)c2ccco2)CC1. The first-order chi connectivity index (χ1) is 13.2. The molecule has 1 amide bonds. The number of halogens is 1. The Morgan fingerprint density at radius 2 is 1.85 bits per heavy atom. The molecular formula is C20H25ClN4O2. The molecule has 0 atom stereocenters. The van der Waals surface area contributed by atoms with Crippen LogP contribution in [0.1, 0.15) is 22.5 Å². The van der Waals surface area contributed by atoms with Gasteiger partial charge in [-0.3, -0.25) is 9.79 Å². The van der Waals surface area contributed by atoms with Gasteiger partial charge in [0.15, 0.2) is 11.7 Å². The molecule has 1 aliphatic rings. The molecule has 0 unspecified atom stereocenters. The zero-order chi connectivity index (χ0) is 19.1. The van der Waals surface area contributed by atoms with E-state index in [0.29, 0.717) is 18.8 Å². The molecule has 0 radical (unpaired) electrons. The van der Waals surface area contributed by atoms with Crippen LogP contribution < -0.4 is 5.32 Å². The van der Waals surface area contributed by atoms with Crippen molar-refractivity contribution >= 4 is 23.5 Å². The van der Waals surface area contributed by atoms with Gasteiger partial charge >= 0.3 is 0 Å². The van der Waals surface area contributed by atoms with Crippen LogP contribution >= 0.6 is 11.6 Å². The van der Waals surface area contributed by atoms with Crippen LogP contribution in [0.3, 0.4) is 0 Å². The summed E-state index contributed by atoms with van der Waals surface area (Å²) < 4.78 is 5.20. The van der Waals surface area contributed by atoms with Crippen molar-refractivity contribution in [1.82, 2.24) is 15.1 Å². The lowest BCUT2D eigenvalue weighted by atomic mass is 10.1. The van der Waals surface area contributed by atoms with Crippen molar-refractivity contribution < 1.29 is 9.21 Å². The Morgan fingerprint density at radius 3 is 2.48 bits per heavy atom. The summed E-state index contributed by atoms with van der Waals surface area (Å²) >= 11 is 5.91. The predicted molar refractivity (Wildman–Crippen MR) is 107 cm³/mol. The molecule has 1 N–H and O–H groups in total. The predicted octanol–water partition coefficient (Wildman–Crippen LogP) is 2.90. The highest BCUT2D eigenvalue weighted by Gasteiger charge is 2.24. The summed E-state index contributed by atoms with van der Waals surface area (Å²) in [6, 6.07) is 11.4. The molecule has 0 aliphatic carbocycles. The van der Waals surface area contributed by atoms with Crippen molar-refractivity contribution in [3.8, 4) is 0 Å². The molecule has 1 fully saturated rings. The second-order valence-electron chi connectivity index (χ2n) is 6.46. The number of guanidine groups is 1. The van der Waals surface area contributed by atoms with E-state index in [0.717, 1.165) is 43.5 Å². The second kappa shape index (κ2) is 9.46. The standard InChI is InChI=1S/C20H25ClN4O2/c1-22-20(23-10-2-4-16-6-8-17(21)9-7-16)25-13-11-24(12-14-25)19(26)18-5-3-15-27-18/h3,5-9,15H,2,4,10-14H2,1H3,(H,22,23). The number of rotatable bonds is 5. The number of carbonyl (C=O) groups is 1. The van der Waals surface area contributed by atoms with Crippen LogP contribution in [0.4, 0.5) is 0 Å². The van der Waals surface area contributed by atoms with Gasteiger partial charge in [0.25, 0.3) is 5.91 Å². The zero-order valence-electron chi connectivity index (χ0n) is 15.5. The quantitative estimate of drug-likeness (QED) is 0.486. The Hall–Kier alpha value is -2.47. The van der Waals surface area contributed by atoms with Gasteiger partial charge in [-0.2, -0.15) is 0 Å². The minimum absolute atomic E-state index is 0.0504. The summed E-state index contributed by atoms with van der Waals surface area (Å²) in [5, 5.41) is 4.19. The molecular weight excluding hydrogens is 364 g/mol. The number of benzene rings is 1. The summed E-state index contributed by atoms with van der Waals surface area (Å²) in [4.78, 5) is 20.7. The average Bonchev–Trinajstić information content (AvgIpc) is 3.24. The van der Waals surface area contributed by atoms with Gasteiger partial charge in [0.2, 0.25) is 0 Å². The van der Waals surface area contributed by atoms with Gasteiger partial charge in [-0.1, -0.05) is 23.7 Å². The fourth-order valence-corrected chi connectivity index (χ4v) is 3.28. The number of piperazine rings is 1. The Bertz CT molecular complexity index is 751. The monoisotopic (exact) mass is 388 g/mol. The summed E-state index contributed by atoms with van der Waals surface area (Å²) in [5.41, 5.74) is 1.28. The minimum atomic E-state index is -0.0504. The number of amides is 1. The second-order valence-corrected chi connectivity index (χ2v) is 6.90. The van der Waals surface area contributed by atoms with Crippen molar-refractivity contribution in [3.63, 3.8) is 0 Å².